The molecule has 0 aliphatic carbocycles. The van der Waals surface area contributed by atoms with Crippen LogP contribution in [0.15, 0.2) is 47.0 Å². The van der Waals surface area contributed by atoms with Gasteiger partial charge in [0.15, 0.2) is 11.5 Å². The highest BCUT2D eigenvalue weighted by Crippen LogP contribution is 2.31. The quantitative estimate of drug-likeness (QED) is 0.727. The summed E-state index contributed by atoms with van der Waals surface area (Å²) in [5, 5.41) is 7.76. The van der Waals surface area contributed by atoms with E-state index >= 15 is 0 Å². The third-order valence-electron chi connectivity index (χ3n) is 3.42. The summed E-state index contributed by atoms with van der Waals surface area (Å²) in [6, 6.07) is 13.3. The second-order valence-electron chi connectivity index (χ2n) is 4.97. The number of methoxy groups -OCH3 is 2. The van der Waals surface area contributed by atoms with Crippen LogP contribution in [0, 0.1) is 0 Å². The predicted molar refractivity (Wildman–Crippen MR) is 91.6 cm³/mol. The fourth-order valence-corrected chi connectivity index (χ4v) is 2.29. The van der Waals surface area contributed by atoms with Crippen molar-refractivity contribution in [2.45, 2.75) is 6.54 Å². The van der Waals surface area contributed by atoms with Crippen LogP contribution < -0.4 is 14.8 Å². The Labute approximate surface area is 144 Å². The van der Waals surface area contributed by atoms with Crippen molar-refractivity contribution in [2.75, 3.05) is 19.5 Å². The van der Waals surface area contributed by atoms with Gasteiger partial charge in [-0.2, -0.15) is 4.98 Å². The molecule has 0 atom stereocenters. The van der Waals surface area contributed by atoms with Crippen molar-refractivity contribution in [2.24, 2.45) is 0 Å². The first-order valence-corrected chi connectivity index (χ1v) is 7.62. The number of rotatable bonds is 6. The number of hydrogen-bond acceptors (Lipinski definition) is 6. The van der Waals surface area contributed by atoms with Gasteiger partial charge >= 0.3 is 6.01 Å². The summed E-state index contributed by atoms with van der Waals surface area (Å²) in [4.78, 5) is 4.33. The number of benzene rings is 2. The Hall–Kier alpha value is -2.73. The molecule has 1 aromatic heterocycles. The first kappa shape index (κ1) is 16.1. The highest BCUT2D eigenvalue weighted by molar-refractivity contribution is 6.30. The fraction of sp³-hybridized carbons (Fsp3) is 0.176. The molecule has 1 heterocycles. The van der Waals surface area contributed by atoms with Gasteiger partial charge in [-0.1, -0.05) is 28.9 Å². The molecule has 0 spiro atoms. The van der Waals surface area contributed by atoms with Crippen LogP contribution in [0.2, 0.25) is 5.02 Å². The Kier molecular flexibility index (Phi) is 4.86. The summed E-state index contributed by atoms with van der Waals surface area (Å²) in [7, 11) is 3.17. The summed E-state index contributed by atoms with van der Waals surface area (Å²) in [5.41, 5.74) is 1.83. The van der Waals surface area contributed by atoms with Gasteiger partial charge in [0.25, 0.3) is 0 Å². The molecule has 0 aliphatic rings. The molecular weight excluding hydrogens is 330 g/mol. The number of hydrogen-bond donors (Lipinski definition) is 1. The van der Waals surface area contributed by atoms with Crippen molar-refractivity contribution in [3.63, 3.8) is 0 Å². The van der Waals surface area contributed by atoms with Crippen LogP contribution in [0.5, 0.6) is 11.5 Å². The van der Waals surface area contributed by atoms with Crippen molar-refractivity contribution in [3.05, 3.63) is 53.1 Å². The number of halogens is 1. The molecule has 1 N–H and O–H groups in total. The minimum absolute atomic E-state index is 0.342. The van der Waals surface area contributed by atoms with E-state index in [2.05, 4.69) is 15.5 Å². The van der Waals surface area contributed by atoms with E-state index in [0.29, 0.717) is 34.9 Å². The molecular formula is C17H16ClN3O3. The monoisotopic (exact) mass is 345 g/mol. The molecule has 124 valence electrons. The fourth-order valence-electron chi connectivity index (χ4n) is 2.17. The zero-order chi connectivity index (χ0) is 16.9. The summed E-state index contributed by atoms with van der Waals surface area (Å²) in [6.07, 6.45) is 0. The van der Waals surface area contributed by atoms with Crippen LogP contribution in [0.25, 0.3) is 11.4 Å². The van der Waals surface area contributed by atoms with Crippen molar-refractivity contribution < 1.29 is 14.0 Å². The summed E-state index contributed by atoms with van der Waals surface area (Å²) >= 11 is 5.87. The molecule has 7 heteroatoms. The normalized spacial score (nSPS) is 10.5. The molecule has 0 bridgehead atoms. The molecule has 24 heavy (non-hydrogen) atoms. The number of anilines is 1. The van der Waals surface area contributed by atoms with Gasteiger partial charge in [0, 0.05) is 17.1 Å². The number of nitrogens with zero attached hydrogens (tertiary/aromatic N) is 2. The SMILES string of the molecule is COc1ccc(-c2noc(NCc3ccc(Cl)cc3)n2)cc1OC. The lowest BCUT2D eigenvalue weighted by Crippen LogP contribution is -1.99. The minimum Gasteiger partial charge on any atom is -0.493 e. The number of aromatic nitrogens is 2. The lowest BCUT2D eigenvalue weighted by Gasteiger charge is -2.07. The molecule has 0 radical (unpaired) electrons. The third kappa shape index (κ3) is 3.60. The molecule has 3 aromatic rings. The van der Waals surface area contributed by atoms with Crippen molar-refractivity contribution in [1.29, 1.82) is 0 Å². The van der Waals surface area contributed by atoms with E-state index in [0.717, 1.165) is 11.1 Å². The number of ether oxygens (including phenoxy) is 2. The topological polar surface area (TPSA) is 69.4 Å². The summed E-state index contributed by atoms with van der Waals surface area (Å²) < 4.78 is 15.7. The van der Waals surface area contributed by atoms with E-state index in [1.54, 1.807) is 26.4 Å². The zero-order valence-electron chi connectivity index (χ0n) is 13.2. The van der Waals surface area contributed by atoms with Crippen LogP contribution >= 0.6 is 11.6 Å². The first-order valence-electron chi connectivity index (χ1n) is 7.24. The molecule has 0 amide bonds. The first-order chi connectivity index (χ1) is 11.7. The molecule has 0 fully saturated rings. The Morgan fingerprint density at radius 2 is 1.79 bits per heavy atom. The largest absolute Gasteiger partial charge is 0.493 e. The van der Waals surface area contributed by atoms with E-state index in [1.165, 1.54) is 0 Å². The molecule has 0 saturated carbocycles. The highest BCUT2D eigenvalue weighted by atomic mass is 35.5. The molecule has 6 nitrogen and oxygen atoms in total. The average molecular weight is 346 g/mol. The maximum Gasteiger partial charge on any atom is 0.322 e. The lowest BCUT2D eigenvalue weighted by atomic mass is 10.2. The van der Waals surface area contributed by atoms with Gasteiger partial charge in [-0.3, -0.25) is 0 Å². The number of nitrogens with one attached hydrogen (secondary N) is 1. The van der Waals surface area contributed by atoms with E-state index in [-0.39, 0.29) is 0 Å². The Morgan fingerprint density at radius 1 is 1.04 bits per heavy atom. The second-order valence-corrected chi connectivity index (χ2v) is 5.41. The minimum atomic E-state index is 0.342. The van der Waals surface area contributed by atoms with Crippen LogP contribution in [0.4, 0.5) is 6.01 Å². The summed E-state index contributed by atoms with van der Waals surface area (Å²) in [6.45, 7) is 0.560. The molecule has 0 aliphatic heterocycles. The van der Waals surface area contributed by atoms with Crippen molar-refractivity contribution in [3.8, 4) is 22.9 Å². The maximum absolute atomic E-state index is 5.87. The highest BCUT2D eigenvalue weighted by Gasteiger charge is 2.12. The van der Waals surface area contributed by atoms with Gasteiger partial charge in [0.2, 0.25) is 5.82 Å². The average Bonchev–Trinajstić information content (AvgIpc) is 3.09. The van der Waals surface area contributed by atoms with Crippen molar-refractivity contribution >= 4 is 17.6 Å². The Balaban J connectivity index is 1.72. The Morgan fingerprint density at radius 3 is 2.50 bits per heavy atom. The van der Waals surface area contributed by atoms with Crippen LogP contribution in [-0.2, 0) is 6.54 Å². The zero-order valence-corrected chi connectivity index (χ0v) is 14.0. The molecule has 2 aromatic carbocycles. The van der Waals surface area contributed by atoms with Crippen LogP contribution in [0.3, 0.4) is 0 Å². The van der Waals surface area contributed by atoms with E-state index < -0.39 is 0 Å². The van der Waals surface area contributed by atoms with Gasteiger partial charge in [0.05, 0.1) is 14.2 Å². The molecule has 0 unspecified atom stereocenters. The summed E-state index contributed by atoms with van der Waals surface area (Å²) in [5.74, 6) is 1.72. The lowest BCUT2D eigenvalue weighted by molar-refractivity contribution is 0.355. The Bertz CT molecular complexity index is 818. The van der Waals surface area contributed by atoms with Gasteiger partial charge in [-0.05, 0) is 35.9 Å². The molecule has 0 saturated heterocycles. The van der Waals surface area contributed by atoms with Crippen LogP contribution in [0.1, 0.15) is 5.56 Å². The third-order valence-corrected chi connectivity index (χ3v) is 3.68. The van der Waals surface area contributed by atoms with Gasteiger partial charge in [-0.15, -0.1) is 0 Å². The van der Waals surface area contributed by atoms with E-state index in [1.807, 2.05) is 30.3 Å². The smallest absolute Gasteiger partial charge is 0.322 e. The predicted octanol–water partition coefficient (Wildman–Crippen LogP) is 4.02. The van der Waals surface area contributed by atoms with Crippen molar-refractivity contribution in [1.82, 2.24) is 10.1 Å². The second kappa shape index (κ2) is 7.23. The standard InChI is InChI=1S/C17H16ClN3O3/c1-22-14-8-5-12(9-15(14)23-2)16-20-17(24-21-16)19-10-11-3-6-13(18)7-4-11/h3-9H,10H2,1-2H3,(H,19,20,21). The van der Waals surface area contributed by atoms with E-state index in [9.17, 15) is 0 Å². The van der Waals surface area contributed by atoms with Gasteiger partial charge < -0.3 is 19.3 Å². The van der Waals surface area contributed by atoms with Gasteiger partial charge in [-0.25, -0.2) is 0 Å². The molecule has 3 rings (SSSR count). The van der Waals surface area contributed by atoms with Gasteiger partial charge in [0.1, 0.15) is 0 Å². The van der Waals surface area contributed by atoms with Crippen LogP contribution in [-0.4, -0.2) is 24.4 Å². The maximum atomic E-state index is 5.87. The van der Waals surface area contributed by atoms with E-state index in [4.69, 9.17) is 25.6 Å².